The number of carbonyl (C=O) groups excluding carboxylic acids is 1. The minimum absolute atomic E-state index is 0.113. The van der Waals surface area contributed by atoms with Crippen LogP contribution in [0.3, 0.4) is 0 Å². The van der Waals surface area contributed by atoms with E-state index in [4.69, 9.17) is 28.9 Å². The largest absolute Gasteiger partial charge is 0.383 e. The van der Waals surface area contributed by atoms with Crippen LogP contribution in [0.15, 0.2) is 35.3 Å². The van der Waals surface area contributed by atoms with Gasteiger partial charge in [-0.2, -0.15) is 4.99 Å². The van der Waals surface area contributed by atoms with Gasteiger partial charge in [-0.3, -0.25) is 4.79 Å². The first-order chi connectivity index (χ1) is 6.61. The summed E-state index contributed by atoms with van der Waals surface area (Å²) in [5, 5.41) is 0. The number of hydrogen-bond acceptors (Lipinski definition) is 1. The molecule has 0 saturated carbocycles. The summed E-state index contributed by atoms with van der Waals surface area (Å²) in [4.78, 5) is 13.4. The summed E-state index contributed by atoms with van der Waals surface area (Å²) in [6.45, 7) is 0. The summed E-state index contributed by atoms with van der Waals surface area (Å²) in [6, 6.07) is 8.90. The van der Waals surface area contributed by atoms with Gasteiger partial charge in [0.2, 0.25) is 0 Å². The number of nitrogens with two attached hydrogens (primary N) is 1. The van der Waals surface area contributed by atoms with Crippen molar-refractivity contribution in [1.29, 1.82) is 0 Å². The lowest BCUT2D eigenvalue weighted by atomic mass is 10.2. The zero-order valence-corrected chi connectivity index (χ0v) is 8.66. The lowest BCUT2D eigenvalue weighted by Crippen LogP contribution is -2.17. The minimum atomic E-state index is -1.17. The summed E-state index contributed by atoms with van der Waals surface area (Å²) in [5.41, 5.74) is 6.21. The van der Waals surface area contributed by atoms with Gasteiger partial charge in [0.15, 0.2) is 4.84 Å². The van der Waals surface area contributed by atoms with E-state index in [1.54, 1.807) is 24.3 Å². The van der Waals surface area contributed by atoms with Crippen molar-refractivity contribution in [2.45, 2.75) is 4.84 Å². The smallest absolute Gasteiger partial charge is 0.280 e. The lowest BCUT2D eigenvalue weighted by Gasteiger charge is -1.99. The molecule has 0 aliphatic rings. The van der Waals surface area contributed by atoms with Crippen molar-refractivity contribution in [3.8, 4) is 0 Å². The summed E-state index contributed by atoms with van der Waals surface area (Å²) in [5.74, 6) is -0.545. The second kappa shape index (κ2) is 4.98. The van der Waals surface area contributed by atoms with Gasteiger partial charge in [-0.15, -0.1) is 0 Å². The molecule has 0 fully saturated rings. The predicted octanol–water partition coefficient (Wildman–Crippen LogP) is 1.72. The van der Waals surface area contributed by atoms with E-state index in [0.717, 1.165) is 0 Å². The highest BCUT2D eigenvalue weighted by Gasteiger charge is 2.10. The zero-order chi connectivity index (χ0) is 10.6. The highest BCUT2D eigenvalue weighted by molar-refractivity contribution is 6.53. The van der Waals surface area contributed by atoms with Crippen LogP contribution in [0.2, 0.25) is 0 Å². The van der Waals surface area contributed by atoms with E-state index in [2.05, 4.69) is 4.99 Å². The van der Waals surface area contributed by atoms with Crippen LogP contribution in [0.5, 0.6) is 0 Å². The minimum Gasteiger partial charge on any atom is -0.383 e. The van der Waals surface area contributed by atoms with Crippen LogP contribution in [-0.4, -0.2) is 16.6 Å². The topological polar surface area (TPSA) is 55.4 Å². The van der Waals surface area contributed by atoms with Crippen LogP contribution in [0.25, 0.3) is 0 Å². The maximum atomic E-state index is 11.0. The van der Waals surface area contributed by atoms with E-state index >= 15 is 0 Å². The average molecular weight is 231 g/mol. The highest BCUT2D eigenvalue weighted by Crippen LogP contribution is 2.05. The molecule has 5 heteroatoms. The third-order valence-electron chi connectivity index (χ3n) is 1.49. The molecule has 1 rings (SSSR count). The summed E-state index contributed by atoms with van der Waals surface area (Å²) in [6.07, 6.45) is 0. The van der Waals surface area contributed by atoms with Crippen molar-refractivity contribution in [3.05, 3.63) is 35.9 Å². The molecule has 3 nitrogen and oxygen atoms in total. The number of carbonyl (C=O) groups is 1. The molecule has 0 radical (unpaired) electrons. The molecule has 14 heavy (non-hydrogen) atoms. The van der Waals surface area contributed by atoms with Gasteiger partial charge in [0.25, 0.3) is 5.91 Å². The summed E-state index contributed by atoms with van der Waals surface area (Å²) < 4.78 is 0. The Balaban J connectivity index is 2.85. The van der Waals surface area contributed by atoms with Crippen LogP contribution < -0.4 is 5.73 Å². The van der Waals surface area contributed by atoms with Gasteiger partial charge in [-0.25, -0.2) is 0 Å². The molecule has 0 aliphatic heterocycles. The molecular weight excluding hydrogens is 223 g/mol. The number of halogens is 2. The number of alkyl halides is 2. The van der Waals surface area contributed by atoms with Crippen LogP contribution in [0, 0.1) is 0 Å². The van der Waals surface area contributed by atoms with Crippen molar-refractivity contribution in [3.63, 3.8) is 0 Å². The average Bonchev–Trinajstić information content (AvgIpc) is 2.19. The van der Waals surface area contributed by atoms with Gasteiger partial charge in [-0.1, -0.05) is 53.5 Å². The molecule has 74 valence electrons. The number of amidine groups is 1. The monoisotopic (exact) mass is 230 g/mol. The number of nitrogens with zero attached hydrogens (tertiary/aromatic N) is 1. The standard InChI is InChI=1S/C9H8Cl2N2O/c10-7(11)9(14)13-8(12)6-4-2-1-3-5-6/h1-5,7H,(H2,12,13,14). The van der Waals surface area contributed by atoms with E-state index in [1.165, 1.54) is 0 Å². The van der Waals surface area contributed by atoms with Crippen LogP contribution in [0.1, 0.15) is 5.56 Å². The molecule has 2 N–H and O–H groups in total. The first kappa shape index (κ1) is 11.0. The molecule has 1 aromatic carbocycles. The third-order valence-corrected chi connectivity index (χ3v) is 1.86. The number of hydrogen-bond donors (Lipinski definition) is 1. The Bertz CT molecular complexity index is 349. The Kier molecular flexibility index (Phi) is 3.92. The molecule has 0 saturated heterocycles. The van der Waals surface area contributed by atoms with Gasteiger partial charge >= 0.3 is 0 Å². The van der Waals surface area contributed by atoms with E-state index in [-0.39, 0.29) is 5.84 Å². The maximum absolute atomic E-state index is 11.0. The fourth-order valence-corrected chi connectivity index (χ4v) is 0.939. The second-order valence-corrected chi connectivity index (χ2v) is 3.60. The third kappa shape index (κ3) is 3.01. The second-order valence-electron chi connectivity index (χ2n) is 2.50. The Morgan fingerprint density at radius 1 is 1.29 bits per heavy atom. The van der Waals surface area contributed by atoms with Gasteiger partial charge in [0.05, 0.1) is 0 Å². The first-order valence-corrected chi connectivity index (χ1v) is 4.70. The maximum Gasteiger partial charge on any atom is 0.280 e. The molecule has 0 aliphatic carbocycles. The van der Waals surface area contributed by atoms with Gasteiger partial charge < -0.3 is 5.73 Å². The quantitative estimate of drug-likeness (QED) is 0.478. The van der Waals surface area contributed by atoms with Crippen molar-refractivity contribution in [2.24, 2.45) is 10.7 Å². The summed E-state index contributed by atoms with van der Waals surface area (Å²) >= 11 is 10.6. The molecule has 0 spiro atoms. The highest BCUT2D eigenvalue weighted by atomic mass is 35.5. The molecule has 0 unspecified atom stereocenters. The predicted molar refractivity (Wildman–Crippen MR) is 57.7 cm³/mol. The Labute approximate surface area is 91.5 Å². The molecule has 0 aromatic heterocycles. The molecule has 0 heterocycles. The molecule has 1 amide bonds. The molecule has 0 bridgehead atoms. The van der Waals surface area contributed by atoms with Crippen LogP contribution in [0.4, 0.5) is 0 Å². The van der Waals surface area contributed by atoms with Gasteiger partial charge in [0, 0.05) is 5.56 Å². The van der Waals surface area contributed by atoms with E-state index in [1.807, 2.05) is 6.07 Å². The van der Waals surface area contributed by atoms with E-state index in [0.29, 0.717) is 5.56 Å². The van der Waals surface area contributed by atoms with E-state index < -0.39 is 10.7 Å². The van der Waals surface area contributed by atoms with Crippen LogP contribution in [-0.2, 0) is 4.79 Å². The Morgan fingerprint density at radius 2 is 1.86 bits per heavy atom. The van der Waals surface area contributed by atoms with Crippen molar-refractivity contribution in [2.75, 3.05) is 0 Å². The first-order valence-electron chi connectivity index (χ1n) is 3.83. The van der Waals surface area contributed by atoms with E-state index in [9.17, 15) is 4.79 Å². The molecule has 0 atom stereocenters. The summed E-state index contributed by atoms with van der Waals surface area (Å²) in [7, 11) is 0. The fraction of sp³-hybridized carbons (Fsp3) is 0.111. The molecule has 1 aromatic rings. The SMILES string of the molecule is NC(=NC(=O)C(Cl)Cl)c1ccccc1. The zero-order valence-electron chi connectivity index (χ0n) is 7.15. The van der Waals surface area contributed by atoms with Gasteiger partial charge in [-0.05, 0) is 0 Å². The normalized spacial score (nSPS) is 11.8. The lowest BCUT2D eigenvalue weighted by molar-refractivity contribution is -0.116. The number of benzene rings is 1. The van der Waals surface area contributed by atoms with Crippen LogP contribution >= 0.6 is 23.2 Å². The molecular formula is C9H8Cl2N2O. The Morgan fingerprint density at radius 3 is 2.36 bits per heavy atom. The number of amides is 1. The fourth-order valence-electron chi connectivity index (χ4n) is 0.841. The number of rotatable bonds is 2. The van der Waals surface area contributed by atoms with Crippen molar-refractivity contribution < 1.29 is 4.79 Å². The van der Waals surface area contributed by atoms with Gasteiger partial charge in [0.1, 0.15) is 5.84 Å². The number of aliphatic imine (C=N–C) groups is 1. The Hall–Kier alpha value is -1.06. The van der Waals surface area contributed by atoms with Crippen molar-refractivity contribution >= 4 is 34.9 Å². The van der Waals surface area contributed by atoms with Crippen molar-refractivity contribution in [1.82, 2.24) is 0 Å².